The van der Waals surface area contributed by atoms with Crippen molar-refractivity contribution in [3.63, 3.8) is 0 Å². The van der Waals surface area contributed by atoms with E-state index in [1.807, 2.05) is 13.8 Å². The molecule has 0 radical (unpaired) electrons. The first-order chi connectivity index (χ1) is 7.61. The van der Waals surface area contributed by atoms with Crippen molar-refractivity contribution in [2.24, 2.45) is 0 Å². The first-order valence-corrected chi connectivity index (χ1v) is 5.37. The Hall–Kier alpha value is -1.43. The normalized spacial score (nSPS) is 27.8. The molecule has 0 spiro atoms. The maximum Gasteiger partial charge on any atom is 0.338 e. The van der Waals surface area contributed by atoms with Crippen LogP contribution < -0.4 is 0 Å². The first kappa shape index (κ1) is 11.1. The number of aryl methyl sites for hydroxylation is 1. The van der Waals surface area contributed by atoms with Crippen LogP contribution in [0.4, 0.5) is 0 Å². The lowest BCUT2D eigenvalue weighted by Crippen LogP contribution is -2.19. The van der Waals surface area contributed by atoms with Crippen LogP contribution in [0.25, 0.3) is 0 Å². The zero-order valence-electron chi connectivity index (χ0n) is 9.64. The van der Waals surface area contributed by atoms with Gasteiger partial charge in [0.1, 0.15) is 11.3 Å². The molecule has 2 atom stereocenters. The molecule has 0 aromatic carbocycles. The Bertz CT molecular complexity index is 404. The Morgan fingerprint density at radius 3 is 3.00 bits per heavy atom. The molecule has 0 amide bonds. The lowest BCUT2D eigenvalue weighted by Gasteiger charge is -2.01. The second-order valence-corrected chi connectivity index (χ2v) is 3.82. The Morgan fingerprint density at radius 1 is 1.69 bits per heavy atom. The fourth-order valence-corrected chi connectivity index (χ4v) is 1.58. The molecule has 1 saturated heterocycles. The largest absolute Gasteiger partial charge is 0.464 e. The molecule has 0 bridgehead atoms. The van der Waals surface area contributed by atoms with Crippen LogP contribution in [0.2, 0.25) is 0 Å². The van der Waals surface area contributed by atoms with Crippen molar-refractivity contribution in [3.8, 4) is 0 Å². The van der Waals surface area contributed by atoms with E-state index in [9.17, 15) is 4.79 Å². The predicted molar refractivity (Wildman–Crippen MR) is 54.6 cm³/mol. The van der Waals surface area contributed by atoms with E-state index in [2.05, 4.69) is 10.3 Å². The summed E-state index contributed by atoms with van der Waals surface area (Å²) in [4.78, 5) is 11.5. The standard InChI is InChI=1S/C10H15N3O3/c1-4-13-6-7(11-12-13)10(3)8(16-10)9(14)15-5-2/h6,8H,4-5H2,1-3H3. The van der Waals surface area contributed by atoms with Crippen LogP contribution in [0.15, 0.2) is 6.20 Å². The molecule has 0 saturated carbocycles. The average molecular weight is 225 g/mol. The molecule has 2 unspecified atom stereocenters. The number of carbonyl (C=O) groups is 1. The van der Waals surface area contributed by atoms with Gasteiger partial charge in [-0.2, -0.15) is 0 Å². The quantitative estimate of drug-likeness (QED) is 0.550. The van der Waals surface area contributed by atoms with Crippen LogP contribution in [0.1, 0.15) is 26.5 Å². The summed E-state index contributed by atoms with van der Waals surface area (Å²) in [5, 5.41) is 7.91. The minimum Gasteiger partial charge on any atom is -0.464 e. The summed E-state index contributed by atoms with van der Waals surface area (Å²) in [6, 6.07) is 0. The van der Waals surface area contributed by atoms with E-state index in [4.69, 9.17) is 9.47 Å². The number of rotatable bonds is 4. The maximum absolute atomic E-state index is 11.5. The number of ether oxygens (including phenoxy) is 2. The summed E-state index contributed by atoms with van der Waals surface area (Å²) in [7, 11) is 0. The van der Waals surface area contributed by atoms with Gasteiger partial charge in [-0.3, -0.25) is 4.68 Å². The SMILES string of the molecule is CCOC(=O)C1OC1(C)c1cn(CC)nn1. The number of hydrogen-bond donors (Lipinski definition) is 0. The Labute approximate surface area is 93.5 Å². The summed E-state index contributed by atoms with van der Waals surface area (Å²) in [6.07, 6.45) is 1.24. The zero-order chi connectivity index (χ0) is 11.8. The molecule has 2 rings (SSSR count). The van der Waals surface area contributed by atoms with Gasteiger partial charge in [0.25, 0.3) is 0 Å². The Kier molecular flexibility index (Phi) is 2.67. The molecule has 6 nitrogen and oxygen atoms in total. The fraction of sp³-hybridized carbons (Fsp3) is 0.700. The number of esters is 1. The molecular formula is C10H15N3O3. The zero-order valence-corrected chi connectivity index (χ0v) is 9.64. The van der Waals surface area contributed by atoms with Crippen molar-refractivity contribution >= 4 is 5.97 Å². The molecule has 88 valence electrons. The van der Waals surface area contributed by atoms with E-state index in [1.54, 1.807) is 17.8 Å². The number of carbonyl (C=O) groups excluding carboxylic acids is 1. The number of aromatic nitrogens is 3. The van der Waals surface area contributed by atoms with Gasteiger partial charge in [-0.05, 0) is 20.8 Å². The monoisotopic (exact) mass is 225 g/mol. The fourth-order valence-electron chi connectivity index (χ4n) is 1.58. The smallest absolute Gasteiger partial charge is 0.338 e. The summed E-state index contributed by atoms with van der Waals surface area (Å²) in [6.45, 7) is 6.66. The van der Waals surface area contributed by atoms with E-state index in [0.717, 1.165) is 6.54 Å². The van der Waals surface area contributed by atoms with Crippen molar-refractivity contribution in [2.75, 3.05) is 6.61 Å². The molecular weight excluding hydrogens is 210 g/mol. The van der Waals surface area contributed by atoms with Gasteiger partial charge in [0.05, 0.1) is 12.8 Å². The minimum absolute atomic E-state index is 0.337. The molecule has 1 aliphatic heterocycles. The van der Waals surface area contributed by atoms with Crippen LogP contribution in [0, 0.1) is 0 Å². The van der Waals surface area contributed by atoms with Gasteiger partial charge in [0.2, 0.25) is 0 Å². The van der Waals surface area contributed by atoms with E-state index in [-0.39, 0.29) is 5.97 Å². The maximum atomic E-state index is 11.5. The Balaban J connectivity index is 2.08. The Morgan fingerprint density at radius 2 is 2.44 bits per heavy atom. The lowest BCUT2D eigenvalue weighted by molar-refractivity contribution is -0.144. The van der Waals surface area contributed by atoms with Crippen LogP contribution in [0.5, 0.6) is 0 Å². The molecule has 6 heteroatoms. The van der Waals surface area contributed by atoms with E-state index < -0.39 is 11.7 Å². The van der Waals surface area contributed by atoms with E-state index in [0.29, 0.717) is 12.3 Å². The molecule has 1 aromatic heterocycles. The molecule has 1 aliphatic rings. The van der Waals surface area contributed by atoms with Crippen molar-refractivity contribution < 1.29 is 14.3 Å². The second-order valence-electron chi connectivity index (χ2n) is 3.82. The van der Waals surface area contributed by atoms with Crippen molar-refractivity contribution in [1.29, 1.82) is 0 Å². The van der Waals surface area contributed by atoms with Crippen molar-refractivity contribution in [1.82, 2.24) is 15.0 Å². The van der Waals surface area contributed by atoms with Gasteiger partial charge in [-0.15, -0.1) is 5.10 Å². The van der Waals surface area contributed by atoms with Gasteiger partial charge in [0.15, 0.2) is 6.10 Å². The first-order valence-electron chi connectivity index (χ1n) is 5.37. The van der Waals surface area contributed by atoms with Crippen molar-refractivity contribution in [2.45, 2.75) is 39.0 Å². The van der Waals surface area contributed by atoms with Crippen LogP contribution in [-0.2, 0) is 26.4 Å². The molecule has 16 heavy (non-hydrogen) atoms. The highest BCUT2D eigenvalue weighted by Gasteiger charge is 2.61. The number of nitrogens with zero attached hydrogens (tertiary/aromatic N) is 3. The summed E-state index contributed by atoms with van der Waals surface area (Å²) < 4.78 is 12.0. The lowest BCUT2D eigenvalue weighted by atomic mass is 10.1. The van der Waals surface area contributed by atoms with Gasteiger partial charge in [-0.1, -0.05) is 5.21 Å². The highest BCUT2D eigenvalue weighted by molar-refractivity contribution is 5.79. The average Bonchev–Trinajstić information content (AvgIpc) is 2.78. The topological polar surface area (TPSA) is 69.5 Å². The van der Waals surface area contributed by atoms with Gasteiger partial charge < -0.3 is 9.47 Å². The molecule has 0 N–H and O–H groups in total. The van der Waals surface area contributed by atoms with Crippen LogP contribution >= 0.6 is 0 Å². The van der Waals surface area contributed by atoms with E-state index >= 15 is 0 Å². The molecule has 2 heterocycles. The third-order valence-electron chi connectivity index (χ3n) is 2.68. The van der Waals surface area contributed by atoms with Crippen LogP contribution in [-0.4, -0.2) is 33.7 Å². The van der Waals surface area contributed by atoms with Gasteiger partial charge >= 0.3 is 5.97 Å². The van der Waals surface area contributed by atoms with Gasteiger partial charge in [-0.25, -0.2) is 4.79 Å². The number of hydrogen-bond acceptors (Lipinski definition) is 5. The van der Waals surface area contributed by atoms with Crippen molar-refractivity contribution in [3.05, 3.63) is 11.9 Å². The summed E-state index contributed by atoms with van der Waals surface area (Å²) in [5.41, 5.74) is 0.00653. The summed E-state index contributed by atoms with van der Waals surface area (Å²) in [5.74, 6) is -0.337. The molecule has 0 aliphatic carbocycles. The highest BCUT2D eigenvalue weighted by atomic mass is 16.7. The minimum atomic E-state index is -0.667. The van der Waals surface area contributed by atoms with E-state index in [1.165, 1.54) is 0 Å². The molecule has 1 aromatic rings. The number of epoxide rings is 1. The van der Waals surface area contributed by atoms with Crippen LogP contribution in [0.3, 0.4) is 0 Å². The van der Waals surface area contributed by atoms with Gasteiger partial charge in [0, 0.05) is 6.54 Å². The highest BCUT2D eigenvalue weighted by Crippen LogP contribution is 2.45. The third-order valence-corrected chi connectivity index (χ3v) is 2.68. The third kappa shape index (κ3) is 1.69. The molecule has 1 fully saturated rings. The second kappa shape index (κ2) is 3.86. The summed E-state index contributed by atoms with van der Waals surface area (Å²) >= 11 is 0. The predicted octanol–water partition coefficient (Wildman–Crippen LogP) is 0.475.